The van der Waals surface area contributed by atoms with Crippen LogP contribution in [0.4, 0.5) is 13.6 Å². The minimum atomic E-state index is -1.26. The topological polar surface area (TPSA) is 102 Å². The molecule has 2 saturated heterocycles. The Morgan fingerprint density at radius 3 is 2.39 bits per heavy atom. The standard InChI is InChI=1S/C14H18FNO3.C6H12FNO.CH4O.CH4/c15-12-7-4-8-16(9-13(12)17)14(18)19-10-11-5-2-1-3-6-11;7-5-2-1-3-8-4-6(5)9;1-2;/h1-3,5-6,12-13,17H,4,7-10H2;5-6,8-9H,1-4H2;2H,1H3;1H4/t12-,13-;5-,6-;;/m11../s1. The summed E-state index contributed by atoms with van der Waals surface area (Å²) in [4.78, 5) is 13.2. The predicted molar refractivity (Wildman–Crippen MR) is 116 cm³/mol. The van der Waals surface area contributed by atoms with Gasteiger partial charge >= 0.3 is 6.09 Å². The van der Waals surface area contributed by atoms with E-state index in [0.717, 1.165) is 25.6 Å². The van der Waals surface area contributed by atoms with Gasteiger partial charge in [0, 0.05) is 20.2 Å². The predicted octanol–water partition coefficient (Wildman–Crippen LogP) is 2.43. The number of amides is 1. The van der Waals surface area contributed by atoms with Crippen molar-refractivity contribution in [3.63, 3.8) is 0 Å². The van der Waals surface area contributed by atoms with E-state index in [1.165, 1.54) is 4.90 Å². The summed E-state index contributed by atoms with van der Waals surface area (Å²) in [5, 5.41) is 28.4. The molecular formula is C22H38F2N2O5. The molecule has 1 amide bonds. The van der Waals surface area contributed by atoms with Crippen molar-refractivity contribution in [2.45, 2.75) is 64.3 Å². The maximum Gasteiger partial charge on any atom is 0.410 e. The van der Waals surface area contributed by atoms with E-state index in [0.29, 0.717) is 25.9 Å². The number of likely N-dealkylation sites (tertiary alicyclic amines) is 1. The average Bonchev–Trinajstić information content (AvgIpc) is 3.07. The van der Waals surface area contributed by atoms with Gasteiger partial charge in [0.15, 0.2) is 0 Å². The van der Waals surface area contributed by atoms with E-state index in [9.17, 15) is 18.7 Å². The average molecular weight is 449 g/mol. The van der Waals surface area contributed by atoms with Crippen molar-refractivity contribution in [1.29, 1.82) is 0 Å². The monoisotopic (exact) mass is 448 g/mol. The maximum absolute atomic E-state index is 13.3. The molecule has 1 aromatic rings. The molecular weight excluding hydrogens is 410 g/mol. The second-order valence-electron chi connectivity index (χ2n) is 7.14. The largest absolute Gasteiger partial charge is 0.445 e. The van der Waals surface area contributed by atoms with Crippen molar-refractivity contribution in [2.75, 3.05) is 33.3 Å². The zero-order valence-corrected chi connectivity index (χ0v) is 17.4. The summed E-state index contributed by atoms with van der Waals surface area (Å²) in [5.74, 6) is 0. The van der Waals surface area contributed by atoms with Crippen LogP contribution in [0.2, 0.25) is 0 Å². The Bertz CT molecular complexity index is 572. The number of benzene rings is 1. The second kappa shape index (κ2) is 16.8. The fourth-order valence-corrected chi connectivity index (χ4v) is 3.07. The second-order valence-corrected chi connectivity index (χ2v) is 7.14. The molecule has 2 aliphatic rings. The smallest absolute Gasteiger partial charge is 0.410 e. The number of hydrogen-bond acceptors (Lipinski definition) is 6. The minimum Gasteiger partial charge on any atom is -0.445 e. The molecule has 0 bridgehead atoms. The van der Waals surface area contributed by atoms with Crippen LogP contribution in [0, 0.1) is 0 Å². The number of ether oxygens (including phenoxy) is 1. The SMILES string of the molecule is C.CO.O=C(OCc1ccccc1)N1CCC[C@@H](F)[C@H](O)C1.O[C@@H]1CNCCC[C@H]1F. The quantitative estimate of drug-likeness (QED) is 0.554. The Morgan fingerprint density at radius 2 is 1.71 bits per heavy atom. The van der Waals surface area contributed by atoms with Crippen molar-refractivity contribution in [2.24, 2.45) is 0 Å². The highest BCUT2D eigenvalue weighted by Crippen LogP contribution is 2.16. The summed E-state index contributed by atoms with van der Waals surface area (Å²) in [5.41, 5.74) is 0.898. The molecule has 0 unspecified atom stereocenters. The van der Waals surface area contributed by atoms with Gasteiger partial charge in [-0.05, 0) is 37.8 Å². The molecule has 31 heavy (non-hydrogen) atoms. The van der Waals surface area contributed by atoms with Gasteiger partial charge in [-0.1, -0.05) is 37.8 Å². The van der Waals surface area contributed by atoms with Crippen LogP contribution >= 0.6 is 0 Å². The van der Waals surface area contributed by atoms with Crippen LogP contribution < -0.4 is 5.32 Å². The molecule has 2 heterocycles. The molecule has 2 fully saturated rings. The van der Waals surface area contributed by atoms with E-state index in [-0.39, 0.29) is 27.0 Å². The number of hydrogen-bond donors (Lipinski definition) is 4. The number of nitrogens with one attached hydrogen (secondary N) is 1. The molecule has 4 N–H and O–H groups in total. The molecule has 7 nitrogen and oxygen atoms in total. The summed E-state index contributed by atoms with van der Waals surface area (Å²) >= 11 is 0. The van der Waals surface area contributed by atoms with E-state index in [1.54, 1.807) is 0 Å². The summed E-state index contributed by atoms with van der Waals surface area (Å²) in [7, 11) is 1.00. The summed E-state index contributed by atoms with van der Waals surface area (Å²) in [6, 6.07) is 9.35. The Kier molecular flexibility index (Phi) is 15.8. The maximum atomic E-state index is 13.3. The van der Waals surface area contributed by atoms with Gasteiger partial charge in [-0.3, -0.25) is 0 Å². The summed E-state index contributed by atoms with van der Waals surface area (Å²) in [6.45, 7) is 1.84. The van der Waals surface area contributed by atoms with E-state index in [1.807, 2.05) is 30.3 Å². The van der Waals surface area contributed by atoms with Crippen LogP contribution in [0.15, 0.2) is 30.3 Å². The third-order valence-electron chi connectivity index (χ3n) is 4.80. The van der Waals surface area contributed by atoms with Gasteiger partial charge in [0.05, 0.1) is 12.6 Å². The first-order chi connectivity index (χ1) is 14.5. The lowest BCUT2D eigenvalue weighted by Gasteiger charge is -2.22. The summed E-state index contributed by atoms with van der Waals surface area (Å²) < 4.78 is 31.0. The van der Waals surface area contributed by atoms with Gasteiger partial charge in [-0.2, -0.15) is 0 Å². The van der Waals surface area contributed by atoms with Gasteiger partial charge < -0.3 is 30.3 Å². The fraction of sp³-hybridized carbons (Fsp3) is 0.682. The number of aliphatic hydroxyl groups excluding tert-OH is 3. The number of aliphatic hydroxyl groups is 3. The molecule has 0 aromatic heterocycles. The van der Waals surface area contributed by atoms with Crippen LogP contribution in [0.5, 0.6) is 0 Å². The lowest BCUT2D eigenvalue weighted by atomic mass is 10.1. The third kappa shape index (κ3) is 11.4. The Balaban J connectivity index is 0.000000633. The Labute approximate surface area is 184 Å². The summed E-state index contributed by atoms with van der Waals surface area (Å²) in [6.07, 6.45) is -2.53. The number of rotatable bonds is 2. The third-order valence-corrected chi connectivity index (χ3v) is 4.80. The van der Waals surface area contributed by atoms with Gasteiger partial charge in [-0.15, -0.1) is 0 Å². The van der Waals surface area contributed by atoms with E-state index < -0.39 is 30.6 Å². The molecule has 2 aliphatic heterocycles. The first-order valence-corrected chi connectivity index (χ1v) is 10.2. The minimum absolute atomic E-state index is 0. The van der Waals surface area contributed by atoms with Gasteiger partial charge in [0.2, 0.25) is 0 Å². The van der Waals surface area contributed by atoms with Gasteiger partial charge in [-0.25, -0.2) is 13.6 Å². The first-order valence-electron chi connectivity index (χ1n) is 10.2. The molecule has 0 aliphatic carbocycles. The normalized spacial score (nSPS) is 25.8. The number of halogens is 2. The highest BCUT2D eigenvalue weighted by atomic mass is 19.1. The van der Waals surface area contributed by atoms with Crippen molar-refractivity contribution < 1.29 is 33.6 Å². The van der Waals surface area contributed by atoms with Crippen molar-refractivity contribution >= 4 is 6.09 Å². The first kappa shape index (κ1) is 29.2. The van der Waals surface area contributed by atoms with Crippen LogP contribution in [0.25, 0.3) is 0 Å². The molecule has 0 radical (unpaired) electrons. The zero-order valence-electron chi connectivity index (χ0n) is 17.4. The van der Waals surface area contributed by atoms with Crippen LogP contribution in [-0.2, 0) is 11.3 Å². The van der Waals surface area contributed by atoms with Gasteiger partial charge in [0.25, 0.3) is 0 Å². The number of β-amino-alcohol motifs (C(OH)–C–C–N with tert-alkyl or cyclic N) is 2. The zero-order chi connectivity index (χ0) is 22.4. The van der Waals surface area contributed by atoms with Gasteiger partial charge in [0.1, 0.15) is 25.1 Å². The van der Waals surface area contributed by atoms with Crippen molar-refractivity contribution in [3.8, 4) is 0 Å². The molecule has 0 spiro atoms. The lowest BCUT2D eigenvalue weighted by Crippen LogP contribution is -2.38. The molecule has 180 valence electrons. The number of carbonyl (C=O) groups excluding carboxylic acids is 1. The molecule has 9 heteroatoms. The molecule has 3 rings (SSSR count). The number of alkyl halides is 2. The van der Waals surface area contributed by atoms with Crippen molar-refractivity contribution in [3.05, 3.63) is 35.9 Å². The van der Waals surface area contributed by atoms with Crippen molar-refractivity contribution in [1.82, 2.24) is 10.2 Å². The van der Waals surface area contributed by atoms with Crippen LogP contribution in [0.1, 0.15) is 38.7 Å². The van der Waals surface area contributed by atoms with Crippen LogP contribution in [-0.4, -0.2) is 84.2 Å². The number of carbonyl (C=O) groups is 1. The highest BCUT2D eigenvalue weighted by molar-refractivity contribution is 5.67. The van der Waals surface area contributed by atoms with Crippen LogP contribution in [0.3, 0.4) is 0 Å². The molecule has 1 aromatic carbocycles. The van der Waals surface area contributed by atoms with E-state index in [2.05, 4.69) is 5.32 Å². The number of nitrogens with zero attached hydrogens (tertiary/aromatic N) is 1. The Morgan fingerprint density at radius 1 is 1.10 bits per heavy atom. The lowest BCUT2D eigenvalue weighted by molar-refractivity contribution is 0.0461. The fourth-order valence-electron chi connectivity index (χ4n) is 3.07. The highest BCUT2D eigenvalue weighted by Gasteiger charge is 2.28. The van der Waals surface area contributed by atoms with E-state index >= 15 is 0 Å². The molecule has 0 saturated carbocycles. The van der Waals surface area contributed by atoms with E-state index in [4.69, 9.17) is 14.9 Å². The molecule has 4 atom stereocenters. The Hall–Kier alpha value is -1.81.